The SMILES string of the molecule is C=C(CCC(=O)c1ccc2c(c1)SC(F)(F)C(F)(F)C2)c1ccccn1. The van der Waals surface area contributed by atoms with E-state index in [1.807, 2.05) is 6.07 Å². The summed E-state index contributed by atoms with van der Waals surface area (Å²) in [5.41, 5.74) is 1.73. The van der Waals surface area contributed by atoms with Gasteiger partial charge in [-0.25, -0.2) is 0 Å². The maximum Gasteiger partial charge on any atom is 0.360 e. The Morgan fingerprint density at radius 1 is 1.15 bits per heavy atom. The van der Waals surface area contributed by atoms with Crippen LogP contribution in [0.5, 0.6) is 0 Å². The maximum absolute atomic E-state index is 13.5. The molecule has 0 N–H and O–H groups in total. The molecule has 2 heterocycles. The number of pyridine rings is 1. The molecule has 0 aliphatic carbocycles. The van der Waals surface area contributed by atoms with Gasteiger partial charge in [0.05, 0.1) is 5.69 Å². The predicted octanol–water partition coefficient (Wildman–Crippen LogP) is 5.63. The number of thioether (sulfide) groups is 1. The summed E-state index contributed by atoms with van der Waals surface area (Å²) < 4.78 is 54.0. The fraction of sp³-hybridized carbons (Fsp3) is 0.263. The molecule has 1 aromatic carbocycles. The van der Waals surface area contributed by atoms with Crippen LogP contribution in [-0.4, -0.2) is 21.9 Å². The molecule has 2 aromatic rings. The van der Waals surface area contributed by atoms with Gasteiger partial charge >= 0.3 is 11.2 Å². The van der Waals surface area contributed by atoms with Crippen LogP contribution in [0.25, 0.3) is 5.57 Å². The van der Waals surface area contributed by atoms with Crippen LogP contribution in [0.2, 0.25) is 0 Å². The fourth-order valence-electron chi connectivity index (χ4n) is 2.63. The van der Waals surface area contributed by atoms with Gasteiger partial charge in [-0.05, 0) is 47.5 Å². The van der Waals surface area contributed by atoms with Crippen LogP contribution >= 0.6 is 11.8 Å². The Morgan fingerprint density at radius 2 is 1.92 bits per heavy atom. The zero-order chi connectivity index (χ0) is 18.9. The molecule has 0 radical (unpaired) electrons. The molecule has 1 aromatic heterocycles. The van der Waals surface area contributed by atoms with Crippen LogP contribution in [0, 0.1) is 0 Å². The topological polar surface area (TPSA) is 30.0 Å². The molecule has 0 spiro atoms. The van der Waals surface area contributed by atoms with Crippen LogP contribution < -0.4 is 0 Å². The van der Waals surface area contributed by atoms with Gasteiger partial charge in [0.1, 0.15) is 0 Å². The van der Waals surface area contributed by atoms with E-state index < -0.39 is 17.6 Å². The van der Waals surface area contributed by atoms with E-state index in [0.29, 0.717) is 17.7 Å². The van der Waals surface area contributed by atoms with Gasteiger partial charge in [0.25, 0.3) is 0 Å². The highest BCUT2D eigenvalue weighted by Gasteiger charge is 2.59. The zero-order valence-electron chi connectivity index (χ0n) is 13.6. The minimum atomic E-state index is -4.19. The third-order valence-corrected chi connectivity index (χ3v) is 5.30. The van der Waals surface area contributed by atoms with Crippen molar-refractivity contribution in [3.63, 3.8) is 0 Å². The van der Waals surface area contributed by atoms with E-state index in [9.17, 15) is 22.4 Å². The molecule has 0 saturated carbocycles. The van der Waals surface area contributed by atoms with Gasteiger partial charge < -0.3 is 0 Å². The van der Waals surface area contributed by atoms with E-state index in [-0.39, 0.29) is 40.0 Å². The zero-order valence-corrected chi connectivity index (χ0v) is 14.5. The van der Waals surface area contributed by atoms with E-state index in [1.54, 1.807) is 18.3 Å². The largest absolute Gasteiger partial charge is 0.360 e. The Bertz CT molecular complexity index is 852. The molecular weight excluding hydrogens is 366 g/mol. The van der Waals surface area contributed by atoms with Crippen molar-refractivity contribution < 1.29 is 22.4 Å². The first-order valence-electron chi connectivity index (χ1n) is 7.89. The first-order chi connectivity index (χ1) is 12.2. The highest BCUT2D eigenvalue weighted by molar-refractivity contribution is 8.00. The standard InChI is InChI=1S/C19H15F4NOS/c1-12(15-4-2-3-9-24-15)5-8-16(25)13-6-7-14-11-18(20,21)19(22,23)26-17(14)10-13/h2-4,6-7,9-10H,1,5,8,11H2. The quantitative estimate of drug-likeness (QED) is 0.496. The number of alkyl halides is 4. The molecule has 7 heteroatoms. The van der Waals surface area contributed by atoms with Crippen LogP contribution in [0.15, 0.2) is 54.1 Å². The summed E-state index contributed by atoms with van der Waals surface area (Å²) >= 11 is -0.189. The number of hydrogen-bond donors (Lipinski definition) is 0. The number of nitrogens with zero attached hydrogens (tertiary/aromatic N) is 1. The Morgan fingerprint density at radius 3 is 2.62 bits per heavy atom. The molecule has 0 unspecified atom stereocenters. The third kappa shape index (κ3) is 3.67. The summed E-state index contributed by atoms with van der Waals surface area (Å²) in [7, 11) is 0. The van der Waals surface area contributed by atoms with Gasteiger partial charge in [-0.3, -0.25) is 9.78 Å². The highest BCUT2D eigenvalue weighted by Crippen LogP contribution is 2.53. The lowest BCUT2D eigenvalue weighted by Crippen LogP contribution is -2.42. The molecule has 2 nitrogen and oxygen atoms in total. The second-order valence-corrected chi connectivity index (χ2v) is 7.22. The van der Waals surface area contributed by atoms with Crippen molar-refractivity contribution >= 4 is 23.1 Å². The second-order valence-electron chi connectivity index (χ2n) is 6.06. The van der Waals surface area contributed by atoms with Crippen LogP contribution in [0.1, 0.15) is 34.5 Å². The Labute approximate surface area is 152 Å². The average molecular weight is 381 g/mol. The minimum Gasteiger partial charge on any atom is -0.294 e. The molecule has 26 heavy (non-hydrogen) atoms. The van der Waals surface area contributed by atoms with Crippen LogP contribution in [-0.2, 0) is 6.42 Å². The molecule has 1 aliphatic rings. The van der Waals surface area contributed by atoms with Crippen molar-refractivity contribution in [1.82, 2.24) is 4.98 Å². The second kappa shape index (κ2) is 6.87. The molecule has 0 fully saturated rings. The summed E-state index contributed by atoms with van der Waals surface area (Å²) in [6.45, 7) is 3.89. The molecule has 0 saturated heterocycles. The first kappa shape index (κ1) is 18.6. The number of allylic oxidation sites excluding steroid dienone is 1. The lowest BCUT2D eigenvalue weighted by atomic mass is 9.99. The minimum absolute atomic E-state index is 0.0235. The normalized spacial score (nSPS) is 17.4. The molecule has 0 atom stereocenters. The highest BCUT2D eigenvalue weighted by atomic mass is 32.2. The molecule has 0 amide bonds. The maximum atomic E-state index is 13.5. The molecule has 1 aliphatic heterocycles. The predicted molar refractivity (Wildman–Crippen MR) is 92.7 cm³/mol. The van der Waals surface area contributed by atoms with E-state index in [2.05, 4.69) is 11.6 Å². The Kier molecular flexibility index (Phi) is 4.92. The van der Waals surface area contributed by atoms with Gasteiger partial charge in [0, 0.05) is 29.5 Å². The number of rotatable bonds is 5. The number of halogens is 4. The number of fused-ring (bicyclic) bond motifs is 1. The van der Waals surface area contributed by atoms with Crippen molar-refractivity contribution in [1.29, 1.82) is 0 Å². The summed E-state index contributed by atoms with van der Waals surface area (Å²) in [5, 5.41) is -4.19. The number of aromatic nitrogens is 1. The Hall–Kier alpha value is -2.15. The lowest BCUT2D eigenvalue weighted by Gasteiger charge is -2.31. The number of hydrogen-bond acceptors (Lipinski definition) is 3. The first-order valence-corrected chi connectivity index (χ1v) is 8.71. The summed E-state index contributed by atoms with van der Waals surface area (Å²) in [5.74, 6) is -4.36. The number of Topliss-reactive ketones (excluding diaryl/α,β-unsaturated/α-hetero) is 1. The number of carbonyl (C=O) groups excluding carboxylic acids is 1. The lowest BCUT2D eigenvalue weighted by molar-refractivity contribution is -0.153. The van der Waals surface area contributed by atoms with Crippen molar-refractivity contribution in [3.8, 4) is 0 Å². The van der Waals surface area contributed by atoms with E-state index in [4.69, 9.17) is 0 Å². The van der Waals surface area contributed by atoms with E-state index in [1.165, 1.54) is 18.2 Å². The van der Waals surface area contributed by atoms with Crippen LogP contribution in [0.4, 0.5) is 17.6 Å². The van der Waals surface area contributed by atoms with Crippen molar-refractivity contribution in [2.45, 2.75) is 35.3 Å². The fourth-order valence-corrected chi connectivity index (χ4v) is 3.59. The number of carbonyl (C=O) groups is 1. The molecular formula is C19H15F4NOS. The summed E-state index contributed by atoms with van der Waals surface area (Å²) in [6, 6.07) is 9.37. The van der Waals surface area contributed by atoms with Gasteiger partial charge in [0.2, 0.25) is 0 Å². The van der Waals surface area contributed by atoms with Crippen molar-refractivity contribution in [2.75, 3.05) is 0 Å². The number of benzene rings is 1. The van der Waals surface area contributed by atoms with Crippen molar-refractivity contribution in [3.05, 3.63) is 66.0 Å². The monoisotopic (exact) mass is 381 g/mol. The van der Waals surface area contributed by atoms with Crippen LogP contribution in [0.3, 0.4) is 0 Å². The van der Waals surface area contributed by atoms with Gasteiger partial charge in [-0.1, -0.05) is 24.8 Å². The van der Waals surface area contributed by atoms with Gasteiger partial charge in [-0.2, -0.15) is 17.6 Å². The molecule has 136 valence electrons. The van der Waals surface area contributed by atoms with E-state index >= 15 is 0 Å². The van der Waals surface area contributed by atoms with E-state index in [0.717, 1.165) is 0 Å². The Balaban J connectivity index is 1.71. The summed E-state index contributed by atoms with van der Waals surface area (Å²) in [4.78, 5) is 16.5. The molecule has 0 bridgehead atoms. The summed E-state index contributed by atoms with van der Waals surface area (Å²) in [6.07, 6.45) is 1.09. The van der Waals surface area contributed by atoms with Gasteiger partial charge in [0.15, 0.2) is 5.78 Å². The van der Waals surface area contributed by atoms with Crippen molar-refractivity contribution in [2.24, 2.45) is 0 Å². The number of ketones is 1. The smallest absolute Gasteiger partial charge is 0.294 e. The third-order valence-electron chi connectivity index (χ3n) is 4.15. The molecule has 3 rings (SSSR count). The van der Waals surface area contributed by atoms with Gasteiger partial charge in [-0.15, -0.1) is 0 Å². The average Bonchev–Trinajstić information content (AvgIpc) is 2.60.